The van der Waals surface area contributed by atoms with Crippen molar-refractivity contribution in [2.24, 2.45) is 11.7 Å². The van der Waals surface area contributed by atoms with Gasteiger partial charge in [-0.25, -0.2) is 12.7 Å². The monoisotopic (exact) mass is 307 g/mol. The van der Waals surface area contributed by atoms with Gasteiger partial charge in [0.2, 0.25) is 21.8 Å². The highest BCUT2D eigenvalue weighted by Crippen LogP contribution is 2.19. The molecule has 1 fully saturated rings. The molecule has 116 valence electrons. The van der Waals surface area contributed by atoms with Crippen molar-refractivity contribution in [2.45, 2.75) is 25.9 Å². The van der Waals surface area contributed by atoms with Gasteiger partial charge in [-0.05, 0) is 19.8 Å². The van der Waals surface area contributed by atoms with Gasteiger partial charge in [-0.15, -0.1) is 0 Å². The summed E-state index contributed by atoms with van der Waals surface area (Å²) in [7, 11) is -3.21. The first-order chi connectivity index (χ1) is 9.27. The summed E-state index contributed by atoms with van der Waals surface area (Å²) in [6, 6.07) is 0. The summed E-state index contributed by atoms with van der Waals surface area (Å²) >= 11 is 0. The Bertz CT molecular complexity index is 457. The number of piperidine rings is 1. The van der Waals surface area contributed by atoms with Crippen molar-refractivity contribution >= 4 is 21.8 Å². The van der Waals surface area contributed by atoms with Crippen LogP contribution in [0.15, 0.2) is 0 Å². The Labute approximate surface area is 118 Å². The van der Waals surface area contributed by atoms with E-state index in [0.29, 0.717) is 25.9 Å². The second kappa shape index (κ2) is 7.00. The summed E-state index contributed by atoms with van der Waals surface area (Å²) in [5.41, 5.74) is 4.87. The van der Waals surface area contributed by atoms with Crippen molar-refractivity contribution in [3.63, 3.8) is 0 Å². The molecule has 9 heteroatoms. The predicted octanol–water partition coefficient (Wildman–Crippen LogP) is -1.99. The summed E-state index contributed by atoms with van der Waals surface area (Å²) in [4.78, 5) is 22.4. The number of aliphatic hydroxyl groups excluding tert-OH is 1. The van der Waals surface area contributed by atoms with Crippen molar-refractivity contribution in [3.8, 4) is 0 Å². The standard InChI is InChI=1S/C11H21N3O5S/c1-2-20(18,19)14-5-3-8(4-6-14)11(17)13-7-9(15)10(12)16/h8-9,15H,2-7H2,1H3,(H2,12,16)(H,13,17). The molecule has 0 spiro atoms. The molecule has 0 aromatic heterocycles. The van der Waals surface area contributed by atoms with Crippen LogP contribution in [0.1, 0.15) is 19.8 Å². The number of hydrogen-bond donors (Lipinski definition) is 3. The quantitative estimate of drug-likeness (QED) is 0.523. The van der Waals surface area contributed by atoms with Crippen molar-refractivity contribution in [3.05, 3.63) is 0 Å². The maximum Gasteiger partial charge on any atom is 0.248 e. The van der Waals surface area contributed by atoms with Crippen LogP contribution in [0.25, 0.3) is 0 Å². The van der Waals surface area contributed by atoms with E-state index in [0.717, 1.165) is 0 Å². The van der Waals surface area contributed by atoms with Gasteiger partial charge >= 0.3 is 0 Å². The fourth-order valence-corrected chi connectivity index (χ4v) is 3.15. The first kappa shape index (κ1) is 16.9. The van der Waals surface area contributed by atoms with Gasteiger partial charge in [0.1, 0.15) is 6.10 Å². The van der Waals surface area contributed by atoms with E-state index in [1.54, 1.807) is 6.92 Å². The van der Waals surface area contributed by atoms with Crippen LogP contribution in [0.3, 0.4) is 0 Å². The van der Waals surface area contributed by atoms with Gasteiger partial charge in [0.05, 0.1) is 12.3 Å². The number of nitrogens with one attached hydrogen (secondary N) is 1. The predicted molar refractivity (Wildman–Crippen MR) is 72.0 cm³/mol. The Morgan fingerprint density at radius 2 is 1.95 bits per heavy atom. The lowest BCUT2D eigenvalue weighted by Crippen LogP contribution is -2.46. The zero-order valence-corrected chi connectivity index (χ0v) is 12.2. The molecule has 4 N–H and O–H groups in total. The molecule has 1 atom stereocenters. The van der Waals surface area contributed by atoms with Crippen molar-refractivity contribution < 1.29 is 23.1 Å². The molecule has 0 saturated carbocycles. The van der Waals surface area contributed by atoms with Crippen LogP contribution in [0, 0.1) is 5.92 Å². The van der Waals surface area contributed by atoms with Crippen molar-refractivity contribution in [1.29, 1.82) is 0 Å². The third-order valence-corrected chi connectivity index (χ3v) is 5.26. The zero-order valence-electron chi connectivity index (χ0n) is 11.4. The largest absolute Gasteiger partial charge is 0.381 e. The molecule has 0 aliphatic carbocycles. The molecule has 8 nitrogen and oxygen atoms in total. The molecule has 1 unspecified atom stereocenters. The number of aliphatic hydroxyl groups is 1. The van der Waals surface area contributed by atoms with Crippen molar-refractivity contribution in [2.75, 3.05) is 25.4 Å². The number of amides is 2. The third kappa shape index (κ3) is 4.43. The van der Waals surface area contributed by atoms with Crippen LogP contribution in [0.2, 0.25) is 0 Å². The number of carbonyl (C=O) groups is 2. The van der Waals surface area contributed by atoms with Crippen LogP contribution < -0.4 is 11.1 Å². The third-order valence-electron chi connectivity index (χ3n) is 3.38. The number of nitrogens with zero attached hydrogens (tertiary/aromatic N) is 1. The second-order valence-corrected chi connectivity index (χ2v) is 6.99. The first-order valence-corrected chi connectivity index (χ1v) is 8.11. The van der Waals surface area contributed by atoms with Gasteiger partial charge < -0.3 is 16.2 Å². The molecule has 0 bridgehead atoms. The van der Waals surface area contributed by atoms with E-state index >= 15 is 0 Å². The molecule has 0 radical (unpaired) electrons. The molecular formula is C11H21N3O5S. The minimum absolute atomic E-state index is 0.0503. The van der Waals surface area contributed by atoms with Gasteiger partial charge in [-0.3, -0.25) is 9.59 Å². The van der Waals surface area contributed by atoms with E-state index in [1.165, 1.54) is 4.31 Å². The highest BCUT2D eigenvalue weighted by molar-refractivity contribution is 7.89. The summed E-state index contributed by atoms with van der Waals surface area (Å²) in [6.45, 7) is 1.99. The maximum absolute atomic E-state index is 11.8. The summed E-state index contributed by atoms with van der Waals surface area (Å²) < 4.78 is 24.7. The number of primary amides is 1. The Morgan fingerprint density at radius 1 is 1.40 bits per heavy atom. The molecule has 1 rings (SSSR count). The van der Waals surface area contributed by atoms with Crippen LogP contribution in [0.5, 0.6) is 0 Å². The van der Waals surface area contributed by atoms with E-state index in [1.807, 2.05) is 0 Å². The lowest BCUT2D eigenvalue weighted by molar-refractivity contribution is -0.129. The molecule has 20 heavy (non-hydrogen) atoms. The molecule has 1 aliphatic rings. The van der Waals surface area contributed by atoms with Gasteiger partial charge in [-0.1, -0.05) is 0 Å². The number of nitrogens with two attached hydrogens (primary N) is 1. The smallest absolute Gasteiger partial charge is 0.248 e. The average Bonchev–Trinajstić information content (AvgIpc) is 2.44. The Hall–Kier alpha value is -1.19. The zero-order chi connectivity index (χ0) is 15.3. The normalized spacial score (nSPS) is 19.5. The molecule has 0 aromatic rings. The lowest BCUT2D eigenvalue weighted by Gasteiger charge is -2.30. The van der Waals surface area contributed by atoms with Gasteiger partial charge in [0, 0.05) is 19.0 Å². The average molecular weight is 307 g/mol. The maximum atomic E-state index is 11.8. The summed E-state index contributed by atoms with van der Waals surface area (Å²) in [5.74, 6) is -1.44. The Kier molecular flexibility index (Phi) is 5.90. The number of carbonyl (C=O) groups excluding carboxylic acids is 2. The van der Waals surface area contributed by atoms with Crippen LogP contribution >= 0.6 is 0 Å². The topological polar surface area (TPSA) is 130 Å². The Balaban J connectivity index is 2.42. The van der Waals surface area contributed by atoms with Crippen LogP contribution in [-0.2, 0) is 19.6 Å². The fraction of sp³-hybridized carbons (Fsp3) is 0.818. The van der Waals surface area contributed by atoms with Gasteiger partial charge in [0.25, 0.3) is 0 Å². The van der Waals surface area contributed by atoms with E-state index < -0.39 is 22.0 Å². The van der Waals surface area contributed by atoms with Gasteiger partial charge in [0.15, 0.2) is 0 Å². The molecule has 2 amide bonds. The second-order valence-electron chi connectivity index (χ2n) is 4.74. The minimum atomic E-state index is -3.21. The molecule has 1 saturated heterocycles. The number of sulfonamides is 1. The van der Waals surface area contributed by atoms with Crippen LogP contribution in [0.4, 0.5) is 0 Å². The summed E-state index contributed by atoms with van der Waals surface area (Å²) in [6.07, 6.45) is -0.547. The van der Waals surface area contributed by atoms with E-state index in [9.17, 15) is 23.1 Å². The SMILES string of the molecule is CCS(=O)(=O)N1CCC(C(=O)NCC(O)C(N)=O)CC1. The molecule has 1 aliphatic heterocycles. The highest BCUT2D eigenvalue weighted by Gasteiger charge is 2.30. The van der Waals surface area contributed by atoms with E-state index in [4.69, 9.17) is 5.73 Å². The van der Waals surface area contributed by atoms with Gasteiger partial charge in [-0.2, -0.15) is 0 Å². The number of hydrogen-bond acceptors (Lipinski definition) is 5. The molecule has 1 heterocycles. The van der Waals surface area contributed by atoms with E-state index in [2.05, 4.69) is 5.32 Å². The molecule has 0 aromatic carbocycles. The minimum Gasteiger partial charge on any atom is -0.381 e. The lowest BCUT2D eigenvalue weighted by atomic mass is 9.97. The highest BCUT2D eigenvalue weighted by atomic mass is 32.2. The number of rotatable bonds is 6. The fourth-order valence-electron chi connectivity index (χ4n) is 2.02. The summed E-state index contributed by atoms with van der Waals surface area (Å²) in [5, 5.41) is 11.6. The van der Waals surface area contributed by atoms with Crippen molar-refractivity contribution in [1.82, 2.24) is 9.62 Å². The van der Waals surface area contributed by atoms with E-state index in [-0.39, 0.29) is 24.1 Å². The Morgan fingerprint density at radius 3 is 2.40 bits per heavy atom. The molecular weight excluding hydrogens is 286 g/mol. The van der Waals surface area contributed by atoms with Crippen LogP contribution in [-0.4, -0.2) is 61.1 Å². The first-order valence-electron chi connectivity index (χ1n) is 6.50.